The SMILES string of the molecule is CC(NC1CCC(=O)NC1)c1sccc1Br. The zero-order valence-corrected chi connectivity index (χ0v) is 11.5. The molecule has 2 atom stereocenters. The first-order valence-corrected chi connectivity index (χ1v) is 7.09. The fourth-order valence-electron chi connectivity index (χ4n) is 1.92. The van der Waals surface area contributed by atoms with Crippen LogP contribution in [0.15, 0.2) is 15.9 Å². The molecule has 1 aliphatic heterocycles. The van der Waals surface area contributed by atoms with Crippen molar-refractivity contribution >= 4 is 33.2 Å². The van der Waals surface area contributed by atoms with Crippen LogP contribution >= 0.6 is 27.3 Å². The van der Waals surface area contributed by atoms with E-state index < -0.39 is 0 Å². The second kappa shape index (κ2) is 5.29. The Morgan fingerprint density at radius 3 is 3.06 bits per heavy atom. The Hall–Kier alpha value is -0.390. The number of thiophene rings is 1. The molecule has 88 valence electrons. The first-order chi connectivity index (χ1) is 7.66. The van der Waals surface area contributed by atoms with Gasteiger partial charge in [-0.3, -0.25) is 4.79 Å². The smallest absolute Gasteiger partial charge is 0.220 e. The molecular formula is C11H15BrN2OS. The van der Waals surface area contributed by atoms with Gasteiger partial charge in [0.2, 0.25) is 5.91 Å². The Balaban J connectivity index is 1.90. The highest BCUT2D eigenvalue weighted by Gasteiger charge is 2.20. The van der Waals surface area contributed by atoms with Crippen molar-refractivity contribution in [3.05, 3.63) is 20.8 Å². The van der Waals surface area contributed by atoms with Crippen molar-refractivity contribution in [2.45, 2.75) is 31.8 Å². The van der Waals surface area contributed by atoms with Gasteiger partial charge in [-0.15, -0.1) is 11.3 Å². The summed E-state index contributed by atoms with van der Waals surface area (Å²) < 4.78 is 1.16. The molecule has 1 amide bonds. The summed E-state index contributed by atoms with van der Waals surface area (Å²) in [5, 5.41) is 8.52. The molecule has 2 rings (SSSR count). The lowest BCUT2D eigenvalue weighted by Gasteiger charge is -2.26. The summed E-state index contributed by atoms with van der Waals surface area (Å²) in [4.78, 5) is 12.3. The van der Waals surface area contributed by atoms with Gasteiger partial charge in [0.25, 0.3) is 0 Å². The molecule has 1 fully saturated rings. The van der Waals surface area contributed by atoms with Crippen LogP contribution in [0.5, 0.6) is 0 Å². The van der Waals surface area contributed by atoms with Gasteiger partial charge in [0.1, 0.15) is 0 Å². The average molecular weight is 303 g/mol. The van der Waals surface area contributed by atoms with Crippen LogP contribution in [0.2, 0.25) is 0 Å². The molecule has 5 heteroatoms. The van der Waals surface area contributed by atoms with E-state index in [0.29, 0.717) is 18.5 Å². The second-order valence-electron chi connectivity index (χ2n) is 4.06. The largest absolute Gasteiger partial charge is 0.355 e. The van der Waals surface area contributed by atoms with E-state index >= 15 is 0 Å². The number of amides is 1. The van der Waals surface area contributed by atoms with Crippen LogP contribution in [0.25, 0.3) is 0 Å². The molecule has 1 aromatic heterocycles. The molecular weight excluding hydrogens is 288 g/mol. The van der Waals surface area contributed by atoms with Gasteiger partial charge in [-0.25, -0.2) is 0 Å². The van der Waals surface area contributed by atoms with Gasteiger partial charge in [-0.1, -0.05) is 0 Å². The maximum Gasteiger partial charge on any atom is 0.220 e. The zero-order valence-electron chi connectivity index (χ0n) is 9.13. The van der Waals surface area contributed by atoms with Crippen LogP contribution in [0, 0.1) is 0 Å². The standard InChI is InChI=1S/C11H15BrN2OS/c1-7(11-9(12)4-5-16-11)14-8-2-3-10(15)13-6-8/h4-5,7-8,14H,2-3,6H2,1H3,(H,13,15). The summed E-state index contributed by atoms with van der Waals surface area (Å²) in [7, 11) is 0. The van der Waals surface area contributed by atoms with E-state index in [1.165, 1.54) is 4.88 Å². The molecule has 0 saturated carbocycles. The quantitative estimate of drug-likeness (QED) is 0.900. The molecule has 16 heavy (non-hydrogen) atoms. The molecule has 3 nitrogen and oxygen atoms in total. The predicted molar refractivity (Wildman–Crippen MR) is 69.6 cm³/mol. The number of halogens is 1. The number of carbonyl (C=O) groups is 1. The third-order valence-corrected chi connectivity index (χ3v) is 4.84. The number of hydrogen-bond acceptors (Lipinski definition) is 3. The Kier molecular flexibility index (Phi) is 4.00. The summed E-state index contributed by atoms with van der Waals surface area (Å²) in [6.45, 7) is 2.90. The highest BCUT2D eigenvalue weighted by molar-refractivity contribution is 9.10. The highest BCUT2D eigenvalue weighted by Crippen LogP contribution is 2.29. The molecule has 1 aromatic rings. The third kappa shape index (κ3) is 2.84. The summed E-state index contributed by atoms with van der Waals surface area (Å²) in [6.07, 6.45) is 1.56. The number of hydrogen-bond donors (Lipinski definition) is 2. The maximum absolute atomic E-state index is 11.0. The van der Waals surface area contributed by atoms with Crippen molar-refractivity contribution < 1.29 is 4.79 Å². The normalized spacial score (nSPS) is 22.9. The van der Waals surface area contributed by atoms with E-state index in [4.69, 9.17) is 0 Å². The molecule has 1 aliphatic rings. The molecule has 2 unspecified atom stereocenters. The lowest BCUT2D eigenvalue weighted by Crippen LogP contribution is -2.46. The summed E-state index contributed by atoms with van der Waals surface area (Å²) in [6, 6.07) is 2.79. The Labute approximate surface area is 108 Å². The molecule has 2 N–H and O–H groups in total. The van der Waals surface area contributed by atoms with Gasteiger partial charge in [-0.2, -0.15) is 0 Å². The average Bonchev–Trinajstić information content (AvgIpc) is 2.68. The maximum atomic E-state index is 11.0. The van der Waals surface area contributed by atoms with Crippen LogP contribution in [-0.2, 0) is 4.79 Å². The topological polar surface area (TPSA) is 41.1 Å². The Bertz CT molecular complexity index is 370. The Morgan fingerprint density at radius 2 is 2.50 bits per heavy atom. The van der Waals surface area contributed by atoms with Crippen molar-refractivity contribution in [3.63, 3.8) is 0 Å². The number of rotatable bonds is 3. The number of nitrogens with one attached hydrogen (secondary N) is 2. The zero-order chi connectivity index (χ0) is 11.5. The van der Waals surface area contributed by atoms with Gasteiger partial charge in [-0.05, 0) is 40.7 Å². The summed E-state index contributed by atoms with van der Waals surface area (Å²) >= 11 is 5.29. The van der Waals surface area contributed by atoms with Gasteiger partial charge in [0, 0.05) is 34.4 Å². The lowest BCUT2D eigenvalue weighted by molar-refractivity contribution is -0.122. The van der Waals surface area contributed by atoms with Crippen LogP contribution in [0.3, 0.4) is 0 Å². The first kappa shape index (κ1) is 12.1. The minimum absolute atomic E-state index is 0.169. The molecule has 0 aliphatic carbocycles. The van der Waals surface area contributed by atoms with Crippen LogP contribution < -0.4 is 10.6 Å². The van der Waals surface area contributed by atoms with Crippen molar-refractivity contribution in [3.8, 4) is 0 Å². The molecule has 0 spiro atoms. The molecule has 1 saturated heterocycles. The van der Waals surface area contributed by atoms with E-state index in [1.807, 2.05) is 0 Å². The fraction of sp³-hybridized carbons (Fsp3) is 0.545. The van der Waals surface area contributed by atoms with E-state index in [-0.39, 0.29) is 5.91 Å². The third-order valence-electron chi connectivity index (χ3n) is 2.79. The van der Waals surface area contributed by atoms with Crippen LogP contribution in [0.1, 0.15) is 30.7 Å². The summed E-state index contributed by atoms with van der Waals surface area (Å²) in [5.41, 5.74) is 0. The van der Waals surface area contributed by atoms with Crippen molar-refractivity contribution in [1.29, 1.82) is 0 Å². The van der Waals surface area contributed by atoms with Gasteiger partial charge < -0.3 is 10.6 Å². The number of carbonyl (C=O) groups excluding carboxylic acids is 1. The number of piperidine rings is 1. The predicted octanol–water partition coefficient (Wildman–Crippen LogP) is 2.44. The molecule has 2 heterocycles. The van der Waals surface area contributed by atoms with E-state index in [9.17, 15) is 4.79 Å². The van der Waals surface area contributed by atoms with Crippen LogP contribution in [0.4, 0.5) is 0 Å². The first-order valence-electron chi connectivity index (χ1n) is 5.42. The second-order valence-corrected chi connectivity index (χ2v) is 5.86. The molecule has 0 aromatic carbocycles. The van der Waals surface area contributed by atoms with E-state index in [0.717, 1.165) is 17.4 Å². The fourth-order valence-corrected chi connectivity index (χ4v) is 3.65. The van der Waals surface area contributed by atoms with E-state index in [1.54, 1.807) is 11.3 Å². The highest BCUT2D eigenvalue weighted by atomic mass is 79.9. The van der Waals surface area contributed by atoms with Gasteiger partial charge >= 0.3 is 0 Å². The van der Waals surface area contributed by atoms with Crippen molar-refractivity contribution in [2.24, 2.45) is 0 Å². The van der Waals surface area contributed by atoms with E-state index in [2.05, 4.69) is 44.9 Å². The van der Waals surface area contributed by atoms with Gasteiger partial charge in [0.05, 0.1) is 0 Å². The molecule has 0 radical (unpaired) electrons. The lowest BCUT2D eigenvalue weighted by atomic mass is 10.1. The monoisotopic (exact) mass is 302 g/mol. The minimum Gasteiger partial charge on any atom is -0.355 e. The Morgan fingerprint density at radius 1 is 1.69 bits per heavy atom. The summed E-state index contributed by atoms with van der Waals surface area (Å²) in [5.74, 6) is 0.169. The van der Waals surface area contributed by atoms with Crippen LogP contribution in [-0.4, -0.2) is 18.5 Å². The van der Waals surface area contributed by atoms with Gasteiger partial charge in [0.15, 0.2) is 0 Å². The van der Waals surface area contributed by atoms with Crippen molar-refractivity contribution in [2.75, 3.05) is 6.54 Å². The van der Waals surface area contributed by atoms with Crippen molar-refractivity contribution in [1.82, 2.24) is 10.6 Å². The minimum atomic E-state index is 0.169. The molecule has 0 bridgehead atoms.